The summed E-state index contributed by atoms with van der Waals surface area (Å²) in [6.07, 6.45) is 0. The van der Waals surface area contributed by atoms with Crippen LogP contribution in [0.3, 0.4) is 0 Å². The van der Waals surface area contributed by atoms with Crippen molar-refractivity contribution in [2.75, 3.05) is 0 Å². The van der Waals surface area contributed by atoms with Crippen molar-refractivity contribution >= 4 is 9.42 Å². The molecule has 0 aromatic rings. The minimum atomic E-state index is -0.991. The molecule has 0 unspecified atom stereocenters. The van der Waals surface area contributed by atoms with E-state index in [9.17, 15) is 0 Å². The molecule has 0 rings (SSSR count). The Bertz CT molecular complexity index is 8.00. The molecule has 0 fully saturated rings. The van der Waals surface area contributed by atoms with Crippen molar-refractivity contribution < 1.29 is 26.7 Å². The summed E-state index contributed by atoms with van der Waals surface area (Å²) in [5.41, 5.74) is 0. The molecule has 1 N–H and O–H groups in total. The fourth-order valence-corrected chi connectivity index (χ4v) is 0. The summed E-state index contributed by atoms with van der Waals surface area (Å²) in [5, 5.41) is 7.30. The van der Waals surface area contributed by atoms with Gasteiger partial charge in [-0.3, -0.25) is 0 Å². The van der Waals surface area contributed by atoms with Crippen LogP contribution in [0.5, 0.6) is 0 Å². The summed E-state index contributed by atoms with van der Waals surface area (Å²) in [7, 11) is 4.84. The third kappa shape index (κ3) is 2.90. The van der Waals surface area contributed by atoms with Gasteiger partial charge in [-0.15, -0.1) is 0 Å². The second-order valence-electron chi connectivity index (χ2n) is 0.138. The molecule has 0 spiro atoms. The van der Waals surface area contributed by atoms with E-state index in [0.29, 0.717) is 0 Å². The molecule has 0 radical (unpaired) electrons. The average molecular weight is 164 g/mol. The van der Waals surface area contributed by atoms with E-state index < -0.39 is 17.9 Å². The van der Waals surface area contributed by atoms with Gasteiger partial charge in [-0.2, -0.15) is 0 Å². The van der Waals surface area contributed by atoms with Gasteiger partial charge in [-0.05, 0) is 0 Å². The molecule has 0 aromatic heterocycles. The fraction of sp³-hybridized carbons (Fsp3) is 0. The van der Waals surface area contributed by atoms with E-state index in [1.54, 1.807) is 0 Å². The molecule has 0 amide bonds. The number of hydrogen-bond donors (Lipinski definition) is 1. The van der Waals surface area contributed by atoms with Gasteiger partial charge in [0, 0.05) is 0 Å². The Morgan fingerprint density at radius 2 is 2.25 bits per heavy atom. The predicted molar refractivity (Wildman–Crippen MR) is 9.57 cm³/mol. The predicted octanol–water partition coefficient (Wildman–Crippen LogP) is 0.627. The van der Waals surface area contributed by atoms with Crippen LogP contribution in [0.4, 0.5) is 0 Å². The van der Waals surface area contributed by atoms with Crippen LogP contribution in [0.2, 0.25) is 0 Å². The first-order valence-corrected chi connectivity index (χ1v) is 3.91. The Labute approximate surface area is 36.6 Å². The van der Waals surface area contributed by atoms with E-state index in [-0.39, 0.29) is 0 Å². The van der Waals surface area contributed by atoms with E-state index in [2.05, 4.69) is 3.54 Å². The Morgan fingerprint density at radius 3 is 2.25 bits per heavy atom. The second kappa shape index (κ2) is 3.90. The molecule has 0 aliphatic heterocycles. The van der Waals surface area contributed by atoms with E-state index in [1.165, 1.54) is 0 Å². The molecule has 0 bridgehead atoms. The average Bonchev–Trinajstić information content (AvgIpc) is 1.37. The molecule has 0 saturated carbocycles. The van der Waals surface area contributed by atoms with Gasteiger partial charge >= 0.3 is 36.1 Å². The zero-order chi connectivity index (χ0) is 3.41. The van der Waals surface area contributed by atoms with Gasteiger partial charge in [0.15, 0.2) is 0 Å². The van der Waals surface area contributed by atoms with E-state index >= 15 is 0 Å². The van der Waals surface area contributed by atoms with Crippen LogP contribution in [0.1, 0.15) is 0 Å². The van der Waals surface area contributed by atoms with Gasteiger partial charge in [0.05, 0.1) is 0 Å². The third-order valence-corrected chi connectivity index (χ3v) is 0.500. The van der Waals surface area contributed by atoms with Crippen LogP contribution in [0, 0.1) is 0 Å². The summed E-state index contributed by atoms with van der Waals surface area (Å²) < 4.78 is 3.44. The van der Waals surface area contributed by atoms with Crippen molar-refractivity contribution in [3.05, 3.63) is 0 Å². The standard InChI is InChI=1S/ClH.Mo.H2O2/c;;1-2/h1H;;1-2H/q;+2;/p-2. The zero-order valence-corrected chi connectivity index (χ0v) is 4.40. The van der Waals surface area contributed by atoms with Crippen molar-refractivity contribution in [1.29, 1.82) is 0 Å². The van der Waals surface area contributed by atoms with Gasteiger partial charge in [-0.25, -0.2) is 0 Å². The summed E-state index contributed by atoms with van der Waals surface area (Å²) >= 11 is -0.991. The van der Waals surface area contributed by atoms with Gasteiger partial charge in [0.1, 0.15) is 0 Å². The first-order valence-electron chi connectivity index (χ1n) is 0.504. The Hall–Kier alpha value is 0.898. The molecule has 0 aliphatic rings. The molecule has 0 aliphatic carbocycles. The molecule has 26 valence electrons. The molecule has 4 heteroatoms. The van der Waals surface area contributed by atoms with Crippen LogP contribution in [0.15, 0.2) is 0 Å². The van der Waals surface area contributed by atoms with Crippen LogP contribution < -0.4 is 0 Å². The Kier molecular flexibility index (Phi) is 4.77. The summed E-state index contributed by atoms with van der Waals surface area (Å²) in [4.78, 5) is 0. The second-order valence-corrected chi connectivity index (χ2v) is 1.56. The molecule has 0 heterocycles. The number of rotatable bonds is 1. The SMILES string of the molecule is O[O][Mo][Cl]. The molecular weight excluding hydrogens is 163 g/mol. The van der Waals surface area contributed by atoms with Gasteiger partial charge in [0.2, 0.25) is 0 Å². The Morgan fingerprint density at radius 1 is 2.00 bits per heavy atom. The van der Waals surface area contributed by atoms with Crippen molar-refractivity contribution in [1.82, 2.24) is 0 Å². The Balaban J connectivity index is 1.97. The molecule has 2 nitrogen and oxygen atoms in total. The van der Waals surface area contributed by atoms with Crippen molar-refractivity contribution in [2.24, 2.45) is 0 Å². The number of hydrogen-bond acceptors (Lipinski definition) is 2. The van der Waals surface area contributed by atoms with Gasteiger partial charge in [-0.1, -0.05) is 0 Å². The van der Waals surface area contributed by atoms with Crippen molar-refractivity contribution in [2.45, 2.75) is 0 Å². The fourth-order valence-electron chi connectivity index (χ4n) is 0. The zero-order valence-electron chi connectivity index (χ0n) is 1.64. The van der Waals surface area contributed by atoms with Crippen LogP contribution in [0.25, 0.3) is 0 Å². The van der Waals surface area contributed by atoms with Crippen molar-refractivity contribution in [3.63, 3.8) is 0 Å². The first kappa shape index (κ1) is 4.90. The van der Waals surface area contributed by atoms with Crippen LogP contribution in [-0.2, 0) is 21.4 Å². The number of halogens is 1. The van der Waals surface area contributed by atoms with Crippen molar-refractivity contribution in [3.8, 4) is 0 Å². The third-order valence-electron chi connectivity index (χ3n) is 0.0282. The topological polar surface area (TPSA) is 29.5 Å². The molecule has 0 saturated heterocycles. The summed E-state index contributed by atoms with van der Waals surface area (Å²) in [5.74, 6) is 0. The monoisotopic (exact) mass is 166 g/mol. The summed E-state index contributed by atoms with van der Waals surface area (Å²) in [6, 6.07) is 0. The van der Waals surface area contributed by atoms with Crippen LogP contribution in [-0.4, -0.2) is 5.26 Å². The quantitative estimate of drug-likeness (QED) is 0.350. The molecule has 0 atom stereocenters. The molecule has 0 aromatic carbocycles. The van der Waals surface area contributed by atoms with Gasteiger partial charge in [0.25, 0.3) is 0 Å². The van der Waals surface area contributed by atoms with E-state index in [1.807, 2.05) is 0 Å². The van der Waals surface area contributed by atoms with Gasteiger partial charge < -0.3 is 0 Å². The maximum atomic E-state index is 7.30. The van der Waals surface area contributed by atoms with Crippen LogP contribution >= 0.6 is 9.42 Å². The normalized spacial score (nSPS) is 7.50. The van der Waals surface area contributed by atoms with E-state index in [4.69, 9.17) is 14.7 Å². The first-order chi connectivity index (χ1) is 1.91. The molecular formula is HClMoO2. The van der Waals surface area contributed by atoms with E-state index in [0.717, 1.165) is 0 Å². The maximum absolute atomic E-state index is 7.30. The molecule has 4 heavy (non-hydrogen) atoms. The summed E-state index contributed by atoms with van der Waals surface area (Å²) in [6.45, 7) is 0. The minimum absolute atomic E-state index is 0.991.